The first-order valence-corrected chi connectivity index (χ1v) is 20.1. The van der Waals surface area contributed by atoms with E-state index in [1.807, 2.05) is 48.5 Å². The number of rotatable bonds is 11. The number of fused-ring (bicyclic) bond motifs is 6. The molecule has 6 heterocycles. The zero-order valence-corrected chi connectivity index (χ0v) is 32.5. The summed E-state index contributed by atoms with van der Waals surface area (Å²) >= 11 is 0. The fraction of sp³-hybridized carbons (Fsp3) is 0.160. The minimum Gasteiger partial charge on any atom is -0.453 e. The number of hydrogen-bond donors (Lipinski definition) is 0. The minimum absolute atomic E-state index is 0.325. The standard InChI is InChI=1S/C50H38N2O7/c1-3-5-9-29-11-7-13-35-33(29)17-15-31-25-37(49(53)58-47(31)35)39-27-52-40(28-51-39)42-20-22-44(56-42)46-24-23-45(57-46)43-21-19-41(55-43)38-26-32-16-18-34-30(10-6-4-2)12-8-14-36(34)48(32)59-50(38)54/h7-8,11-28H,3-6,9-10H2,1-2H3. The lowest BCUT2D eigenvalue weighted by molar-refractivity contribution is 0.513. The molecule has 0 radical (unpaired) electrons. The molecule has 0 aliphatic carbocycles. The van der Waals surface area contributed by atoms with E-state index in [9.17, 15) is 9.59 Å². The molecule has 0 aliphatic rings. The molecule has 0 spiro atoms. The van der Waals surface area contributed by atoms with E-state index < -0.39 is 11.3 Å². The van der Waals surface area contributed by atoms with Crippen LogP contribution in [0.2, 0.25) is 0 Å². The molecule has 6 aromatic heterocycles. The summed E-state index contributed by atoms with van der Waals surface area (Å²) in [5.41, 5.74) is 4.21. The van der Waals surface area contributed by atoms with Gasteiger partial charge in [-0.25, -0.2) is 14.6 Å². The Balaban J connectivity index is 0.874. The minimum atomic E-state index is -0.478. The van der Waals surface area contributed by atoms with Crippen LogP contribution in [0.1, 0.15) is 50.7 Å². The third-order valence-corrected chi connectivity index (χ3v) is 11.0. The van der Waals surface area contributed by atoms with Gasteiger partial charge in [-0.1, -0.05) is 87.4 Å². The van der Waals surface area contributed by atoms with Crippen molar-refractivity contribution in [3.05, 3.63) is 154 Å². The number of benzene rings is 4. The second-order valence-electron chi connectivity index (χ2n) is 14.9. The fourth-order valence-corrected chi connectivity index (χ4v) is 7.94. The highest BCUT2D eigenvalue weighted by molar-refractivity contribution is 6.06. The number of nitrogens with zero attached hydrogens (tertiary/aromatic N) is 2. The van der Waals surface area contributed by atoms with Crippen LogP contribution in [0.3, 0.4) is 0 Å². The number of aromatic nitrogens is 2. The molecule has 0 amide bonds. The molecule has 0 bridgehead atoms. The number of aryl methyl sites for hydroxylation is 2. The summed E-state index contributed by atoms with van der Waals surface area (Å²) < 4.78 is 30.3. The van der Waals surface area contributed by atoms with Crippen LogP contribution in [0.4, 0.5) is 0 Å². The summed E-state index contributed by atoms with van der Waals surface area (Å²) in [5.74, 6) is 2.71. The quantitative estimate of drug-likeness (QED) is 0.0931. The zero-order valence-electron chi connectivity index (χ0n) is 32.5. The van der Waals surface area contributed by atoms with E-state index in [0.29, 0.717) is 68.2 Å². The molecule has 4 aromatic carbocycles. The summed E-state index contributed by atoms with van der Waals surface area (Å²) in [7, 11) is 0. The van der Waals surface area contributed by atoms with Crippen LogP contribution in [0.5, 0.6) is 0 Å². The molecule has 59 heavy (non-hydrogen) atoms. The van der Waals surface area contributed by atoms with Crippen molar-refractivity contribution in [3.8, 4) is 57.1 Å². The van der Waals surface area contributed by atoms with Gasteiger partial charge in [0.25, 0.3) is 0 Å². The van der Waals surface area contributed by atoms with E-state index in [-0.39, 0.29) is 0 Å². The van der Waals surface area contributed by atoms with Crippen LogP contribution >= 0.6 is 0 Å². The van der Waals surface area contributed by atoms with Gasteiger partial charge in [0.1, 0.15) is 28.2 Å². The largest absolute Gasteiger partial charge is 0.453 e. The normalized spacial score (nSPS) is 11.8. The molecule has 0 N–H and O–H groups in total. The second kappa shape index (κ2) is 14.9. The molecule has 0 atom stereocenters. The highest BCUT2D eigenvalue weighted by Gasteiger charge is 2.19. The molecule has 9 nitrogen and oxygen atoms in total. The third kappa shape index (κ3) is 6.54. The Morgan fingerprint density at radius 3 is 1.44 bits per heavy atom. The van der Waals surface area contributed by atoms with Crippen LogP contribution in [0.15, 0.2) is 153 Å². The molecular formula is C50H38N2O7. The smallest absolute Gasteiger partial charge is 0.347 e. The third-order valence-electron chi connectivity index (χ3n) is 11.0. The monoisotopic (exact) mass is 778 g/mol. The summed E-state index contributed by atoms with van der Waals surface area (Å²) in [6.07, 6.45) is 9.47. The topological polar surface area (TPSA) is 126 Å². The number of unbranched alkanes of at least 4 members (excludes halogenated alkanes) is 2. The van der Waals surface area contributed by atoms with Gasteiger partial charge < -0.3 is 22.1 Å². The second-order valence-corrected chi connectivity index (χ2v) is 14.9. The van der Waals surface area contributed by atoms with Crippen LogP contribution in [-0.2, 0) is 12.8 Å². The summed E-state index contributed by atoms with van der Waals surface area (Å²) in [5, 5.41) is 5.68. The van der Waals surface area contributed by atoms with Crippen molar-refractivity contribution in [1.82, 2.24) is 9.97 Å². The maximum absolute atomic E-state index is 13.3. The van der Waals surface area contributed by atoms with Crippen LogP contribution in [0, 0.1) is 0 Å². The highest BCUT2D eigenvalue weighted by Crippen LogP contribution is 2.36. The van der Waals surface area contributed by atoms with Gasteiger partial charge in [-0.2, -0.15) is 0 Å². The van der Waals surface area contributed by atoms with Crippen molar-refractivity contribution in [2.75, 3.05) is 0 Å². The van der Waals surface area contributed by atoms with Crippen LogP contribution < -0.4 is 11.3 Å². The maximum atomic E-state index is 13.3. The molecule has 0 fully saturated rings. The molecule has 0 aliphatic heterocycles. The van der Waals surface area contributed by atoms with E-state index in [4.69, 9.17) is 22.1 Å². The van der Waals surface area contributed by atoms with Gasteiger partial charge in [0.05, 0.1) is 23.7 Å². The van der Waals surface area contributed by atoms with E-state index in [1.165, 1.54) is 11.1 Å². The van der Waals surface area contributed by atoms with Crippen LogP contribution in [-0.4, -0.2) is 9.97 Å². The van der Waals surface area contributed by atoms with Crippen molar-refractivity contribution in [1.29, 1.82) is 0 Å². The summed E-state index contributed by atoms with van der Waals surface area (Å²) in [6.45, 7) is 4.36. The van der Waals surface area contributed by atoms with Gasteiger partial charge in [0.15, 0.2) is 28.8 Å². The first-order valence-electron chi connectivity index (χ1n) is 20.1. The van der Waals surface area contributed by atoms with E-state index in [2.05, 4.69) is 48.1 Å². The fourth-order valence-electron chi connectivity index (χ4n) is 7.94. The Morgan fingerprint density at radius 2 is 0.898 bits per heavy atom. The van der Waals surface area contributed by atoms with Crippen molar-refractivity contribution in [2.24, 2.45) is 0 Å². The number of furan rings is 3. The first-order chi connectivity index (χ1) is 28.9. The van der Waals surface area contributed by atoms with E-state index in [0.717, 1.165) is 70.8 Å². The Kier molecular flexibility index (Phi) is 9.13. The van der Waals surface area contributed by atoms with E-state index >= 15 is 0 Å². The Morgan fingerprint density at radius 1 is 0.441 bits per heavy atom. The predicted octanol–water partition coefficient (Wildman–Crippen LogP) is 12.8. The Hall–Kier alpha value is -7.26. The molecule has 0 saturated heterocycles. The molecule has 10 aromatic rings. The van der Waals surface area contributed by atoms with Crippen molar-refractivity contribution < 1.29 is 22.1 Å². The average molecular weight is 779 g/mol. The number of hydrogen-bond acceptors (Lipinski definition) is 9. The molecule has 290 valence electrons. The first kappa shape index (κ1) is 36.1. The molecule has 0 saturated carbocycles. The Labute approximate surface area is 337 Å². The lowest BCUT2D eigenvalue weighted by Crippen LogP contribution is -2.04. The Bertz CT molecular complexity index is 3310. The van der Waals surface area contributed by atoms with Crippen molar-refractivity contribution in [3.63, 3.8) is 0 Å². The van der Waals surface area contributed by atoms with E-state index in [1.54, 1.807) is 48.8 Å². The van der Waals surface area contributed by atoms with Gasteiger partial charge >= 0.3 is 11.3 Å². The van der Waals surface area contributed by atoms with Gasteiger partial charge in [0, 0.05) is 21.5 Å². The van der Waals surface area contributed by atoms with Crippen LogP contribution in [0.25, 0.3) is 101 Å². The highest BCUT2D eigenvalue weighted by atomic mass is 16.4. The zero-order chi connectivity index (χ0) is 40.0. The van der Waals surface area contributed by atoms with Gasteiger partial charge in [-0.3, -0.25) is 4.98 Å². The molecule has 10 rings (SSSR count). The van der Waals surface area contributed by atoms with Gasteiger partial charge in [-0.15, -0.1) is 0 Å². The van der Waals surface area contributed by atoms with Crippen molar-refractivity contribution >= 4 is 43.5 Å². The SMILES string of the molecule is CCCCc1cccc2c1ccc1cc(-c3cnc(-c4ccc(-c5ccc(-c6ccc(-c7cc8ccc9c(CCCC)cccc9c8oc7=O)o6)o5)o4)cn3)c(=O)oc12. The maximum Gasteiger partial charge on any atom is 0.347 e. The van der Waals surface area contributed by atoms with Gasteiger partial charge in [-0.05, 0) is 96.1 Å². The average Bonchev–Trinajstić information content (AvgIpc) is 4.07. The van der Waals surface area contributed by atoms with Gasteiger partial charge in [0.2, 0.25) is 0 Å². The molecular weight excluding hydrogens is 741 g/mol. The molecule has 9 heteroatoms. The summed E-state index contributed by atoms with van der Waals surface area (Å²) in [6, 6.07) is 34.7. The summed E-state index contributed by atoms with van der Waals surface area (Å²) in [4.78, 5) is 35.7. The molecule has 0 unspecified atom stereocenters. The van der Waals surface area contributed by atoms with Crippen molar-refractivity contribution in [2.45, 2.75) is 52.4 Å². The lowest BCUT2D eigenvalue weighted by Gasteiger charge is -2.09. The predicted molar refractivity (Wildman–Crippen MR) is 230 cm³/mol. The lowest BCUT2D eigenvalue weighted by atomic mass is 9.98.